The second-order valence-electron chi connectivity index (χ2n) is 3.85. The van der Waals surface area contributed by atoms with Gasteiger partial charge in [-0.05, 0) is 23.4 Å². The molecule has 0 aliphatic heterocycles. The third-order valence-corrected chi connectivity index (χ3v) is 3.35. The molecule has 0 bridgehead atoms. The van der Waals surface area contributed by atoms with Crippen molar-refractivity contribution in [3.63, 3.8) is 0 Å². The molecule has 0 N–H and O–H groups in total. The van der Waals surface area contributed by atoms with Crippen LogP contribution in [0.5, 0.6) is 11.5 Å². The van der Waals surface area contributed by atoms with Crippen LogP contribution >= 0.6 is 11.8 Å². The summed E-state index contributed by atoms with van der Waals surface area (Å²) in [6, 6.07) is 5.25. The van der Waals surface area contributed by atoms with Gasteiger partial charge in [0.05, 0.1) is 20.0 Å². The van der Waals surface area contributed by atoms with Crippen molar-refractivity contribution < 1.29 is 14.3 Å². The van der Waals surface area contributed by atoms with E-state index in [4.69, 9.17) is 9.47 Å². The van der Waals surface area contributed by atoms with Crippen molar-refractivity contribution in [3.05, 3.63) is 23.8 Å². The van der Waals surface area contributed by atoms with Gasteiger partial charge in [-0.25, -0.2) is 0 Å². The van der Waals surface area contributed by atoms with Gasteiger partial charge in [-0.2, -0.15) is 11.8 Å². The van der Waals surface area contributed by atoms with Gasteiger partial charge >= 0.3 is 0 Å². The summed E-state index contributed by atoms with van der Waals surface area (Å²) in [6.07, 6.45) is 0. The van der Waals surface area contributed by atoms with Gasteiger partial charge in [-0.1, -0.05) is 13.8 Å². The lowest BCUT2D eigenvalue weighted by Crippen LogP contribution is -2.05. The fourth-order valence-corrected chi connectivity index (χ4v) is 1.99. The fourth-order valence-electron chi connectivity index (χ4n) is 1.34. The summed E-state index contributed by atoms with van der Waals surface area (Å²) in [6.45, 7) is 4.15. The third kappa shape index (κ3) is 3.97. The Labute approximate surface area is 106 Å². The monoisotopic (exact) mass is 254 g/mol. The van der Waals surface area contributed by atoms with E-state index >= 15 is 0 Å². The van der Waals surface area contributed by atoms with Crippen molar-refractivity contribution in [1.82, 2.24) is 0 Å². The van der Waals surface area contributed by atoms with E-state index in [1.807, 2.05) is 0 Å². The van der Waals surface area contributed by atoms with E-state index in [9.17, 15) is 4.79 Å². The Balaban J connectivity index is 2.81. The molecule has 0 fully saturated rings. The molecular formula is C13H18O3S. The maximum absolute atomic E-state index is 11.9. The first-order valence-corrected chi connectivity index (χ1v) is 6.50. The van der Waals surface area contributed by atoms with Gasteiger partial charge in [0.1, 0.15) is 0 Å². The molecule has 0 heterocycles. The molecule has 0 saturated heterocycles. The number of carbonyl (C=O) groups is 1. The number of ketones is 1. The van der Waals surface area contributed by atoms with Crippen LogP contribution in [0.25, 0.3) is 0 Å². The van der Waals surface area contributed by atoms with E-state index in [0.29, 0.717) is 28.1 Å². The molecule has 0 amide bonds. The summed E-state index contributed by atoms with van der Waals surface area (Å²) in [5.41, 5.74) is 0.663. The van der Waals surface area contributed by atoms with Crippen LogP contribution in [0.4, 0.5) is 0 Å². The molecule has 0 aliphatic rings. The minimum absolute atomic E-state index is 0.115. The topological polar surface area (TPSA) is 35.5 Å². The molecular weight excluding hydrogens is 236 g/mol. The van der Waals surface area contributed by atoms with Crippen molar-refractivity contribution >= 4 is 17.5 Å². The van der Waals surface area contributed by atoms with Crippen LogP contribution < -0.4 is 9.47 Å². The number of methoxy groups -OCH3 is 2. The number of benzene rings is 1. The lowest BCUT2D eigenvalue weighted by Gasteiger charge is -2.09. The lowest BCUT2D eigenvalue weighted by molar-refractivity contribution is 0.102. The molecule has 94 valence electrons. The standard InChI is InChI=1S/C13H18O3S/c1-9(2)17-8-11(14)10-5-6-12(15-3)13(7-10)16-4/h5-7,9H,8H2,1-4H3. The Morgan fingerprint density at radius 2 is 1.88 bits per heavy atom. The first-order chi connectivity index (χ1) is 8.08. The first kappa shape index (κ1) is 13.9. The molecule has 0 spiro atoms. The second kappa shape index (κ2) is 6.55. The zero-order valence-corrected chi connectivity index (χ0v) is 11.5. The minimum Gasteiger partial charge on any atom is -0.493 e. The normalized spacial score (nSPS) is 10.4. The van der Waals surface area contributed by atoms with Gasteiger partial charge in [0.25, 0.3) is 0 Å². The molecule has 1 rings (SSSR count). The number of hydrogen-bond acceptors (Lipinski definition) is 4. The molecule has 1 aromatic rings. The summed E-state index contributed by atoms with van der Waals surface area (Å²) in [7, 11) is 3.14. The Hall–Kier alpha value is -1.16. The van der Waals surface area contributed by atoms with Gasteiger partial charge in [-0.15, -0.1) is 0 Å². The molecule has 0 aliphatic carbocycles. The molecule has 4 heteroatoms. The van der Waals surface area contributed by atoms with Crippen molar-refractivity contribution in [3.8, 4) is 11.5 Å². The largest absolute Gasteiger partial charge is 0.493 e. The first-order valence-electron chi connectivity index (χ1n) is 5.45. The van der Waals surface area contributed by atoms with E-state index in [0.717, 1.165) is 0 Å². The van der Waals surface area contributed by atoms with Crippen LogP contribution in [0.1, 0.15) is 24.2 Å². The zero-order valence-electron chi connectivity index (χ0n) is 10.6. The van der Waals surface area contributed by atoms with Crippen LogP contribution in [0.15, 0.2) is 18.2 Å². The number of thioether (sulfide) groups is 1. The molecule has 0 saturated carbocycles. The molecule has 0 radical (unpaired) electrons. The van der Waals surface area contributed by atoms with Crippen molar-refractivity contribution in [2.45, 2.75) is 19.1 Å². The maximum atomic E-state index is 11.9. The van der Waals surface area contributed by atoms with E-state index in [-0.39, 0.29) is 5.78 Å². The van der Waals surface area contributed by atoms with E-state index < -0.39 is 0 Å². The maximum Gasteiger partial charge on any atom is 0.172 e. The lowest BCUT2D eigenvalue weighted by atomic mass is 10.1. The van der Waals surface area contributed by atoms with E-state index in [2.05, 4.69) is 13.8 Å². The summed E-state index contributed by atoms with van der Waals surface area (Å²) in [5.74, 6) is 1.84. The Morgan fingerprint density at radius 1 is 1.24 bits per heavy atom. The highest BCUT2D eigenvalue weighted by Gasteiger charge is 2.11. The smallest absolute Gasteiger partial charge is 0.172 e. The molecule has 17 heavy (non-hydrogen) atoms. The van der Waals surface area contributed by atoms with Crippen molar-refractivity contribution in [2.75, 3.05) is 20.0 Å². The summed E-state index contributed by atoms with van der Waals surface area (Å²) in [4.78, 5) is 11.9. The van der Waals surface area contributed by atoms with Gasteiger partial charge in [-0.3, -0.25) is 4.79 Å². The highest BCUT2D eigenvalue weighted by atomic mass is 32.2. The van der Waals surface area contributed by atoms with Gasteiger partial charge < -0.3 is 9.47 Å². The highest BCUT2D eigenvalue weighted by molar-refractivity contribution is 8.00. The molecule has 0 unspecified atom stereocenters. The summed E-state index contributed by atoms with van der Waals surface area (Å²) in [5, 5.41) is 0.457. The number of ether oxygens (including phenoxy) is 2. The summed E-state index contributed by atoms with van der Waals surface area (Å²) < 4.78 is 10.3. The Morgan fingerprint density at radius 3 is 2.41 bits per heavy atom. The average molecular weight is 254 g/mol. The molecule has 3 nitrogen and oxygen atoms in total. The van der Waals surface area contributed by atoms with Gasteiger partial charge in [0, 0.05) is 5.56 Å². The van der Waals surface area contributed by atoms with Crippen molar-refractivity contribution in [1.29, 1.82) is 0 Å². The SMILES string of the molecule is COc1ccc(C(=O)CSC(C)C)cc1OC. The molecule has 0 aromatic heterocycles. The van der Waals surface area contributed by atoms with Crippen LogP contribution in [-0.2, 0) is 0 Å². The van der Waals surface area contributed by atoms with E-state index in [1.165, 1.54) is 0 Å². The molecule has 0 atom stereocenters. The predicted octanol–water partition coefficient (Wildman–Crippen LogP) is 3.03. The van der Waals surface area contributed by atoms with Crippen LogP contribution in [0.3, 0.4) is 0 Å². The third-order valence-electron chi connectivity index (χ3n) is 2.25. The minimum atomic E-state index is 0.115. The van der Waals surface area contributed by atoms with Crippen LogP contribution in [-0.4, -0.2) is 31.0 Å². The van der Waals surface area contributed by atoms with E-state index in [1.54, 1.807) is 44.2 Å². The van der Waals surface area contributed by atoms with Crippen molar-refractivity contribution in [2.24, 2.45) is 0 Å². The Bertz CT molecular complexity index is 388. The molecule has 1 aromatic carbocycles. The highest BCUT2D eigenvalue weighted by Crippen LogP contribution is 2.28. The second-order valence-corrected chi connectivity index (χ2v) is 5.42. The van der Waals surface area contributed by atoms with Crippen LogP contribution in [0.2, 0.25) is 0 Å². The summed E-state index contributed by atoms with van der Waals surface area (Å²) >= 11 is 1.64. The van der Waals surface area contributed by atoms with Crippen LogP contribution in [0, 0.1) is 0 Å². The predicted molar refractivity (Wildman–Crippen MR) is 71.5 cm³/mol. The zero-order chi connectivity index (χ0) is 12.8. The quantitative estimate of drug-likeness (QED) is 0.731. The van der Waals surface area contributed by atoms with Gasteiger partial charge in [0.2, 0.25) is 0 Å². The fraction of sp³-hybridized carbons (Fsp3) is 0.462. The number of rotatable bonds is 6. The average Bonchev–Trinajstić information content (AvgIpc) is 2.34. The van der Waals surface area contributed by atoms with Gasteiger partial charge in [0.15, 0.2) is 17.3 Å². The number of hydrogen-bond donors (Lipinski definition) is 0. The Kier molecular flexibility index (Phi) is 5.35. The number of Topliss-reactive ketones (excluding diaryl/α,β-unsaturated/α-hetero) is 1. The number of carbonyl (C=O) groups excluding carboxylic acids is 1.